The van der Waals surface area contributed by atoms with Gasteiger partial charge in [0.2, 0.25) is 0 Å². The smallest absolute Gasteiger partial charge is 0.160 e. The Balaban J connectivity index is 1.92. The summed E-state index contributed by atoms with van der Waals surface area (Å²) in [7, 11) is -6.43. The van der Waals surface area contributed by atoms with E-state index in [1.807, 2.05) is 0 Å². The first kappa shape index (κ1) is 15.5. The average molecular weight is 401 g/mol. The molecule has 0 fully saturated rings. The van der Waals surface area contributed by atoms with Crippen LogP contribution < -0.4 is 0 Å². The van der Waals surface area contributed by atoms with Gasteiger partial charge in [0.05, 0.1) is 23.0 Å². The van der Waals surface area contributed by atoms with Gasteiger partial charge in [-0.1, -0.05) is 0 Å². The van der Waals surface area contributed by atoms with Crippen LogP contribution in [0.3, 0.4) is 0 Å². The second-order valence-corrected chi connectivity index (χ2v) is 13.4. The molecule has 0 N–H and O–H groups in total. The van der Waals surface area contributed by atoms with Crippen LogP contribution in [0.15, 0.2) is 0 Å². The molecule has 0 aromatic carbocycles. The molecule has 4 bridgehead atoms. The van der Waals surface area contributed by atoms with Gasteiger partial charge in [-0.15, -0.1) is 22.7 Å². The van der Waals surface area contributed by atoms with Crippen molar-refractivity contribution in [2.24, 2.45) is 0 Å². The summed E-state index contributed by atoms with van der Waals surface area (Å²) >= 11 is 2.86. The van der Waals surface area contributed by atoms with Crippen LogP contribution in [0.1, 0.15) is 41.8 Å². The van der Waals surface area contributed by atoms with Gasteiger partial charge in [-0.2, -0.15) is 0 Å². The van der Waals surface area contributed by atoms with Gasteiger partial charge in [-0.25, -0.2) is 16.8 Å². The van der Waals surface area contributed by atoms with Gasteiger partial charge in [-0.05, 0) is 47.9 Å². The third-order valence-corrected chi connectivity index (χ3v) is 11.4. The molecule has 0 atom stereocenters. The largest absolute Gasteiger partial charge is 0.228 e. The minimum atomic E-state index is -3.21. The average Bonchev–Trinajstić information content (AvgIpc) is 2.86. The van der Waals surface area contributed by atoms with Gasteiger partial charge in [-0.3, -0.25) is 0 Å². The van der Waals surface area contributed by atoms with Crippen LogP contribution in [0.4, 0.5) is 0 Å². The Labute approximate surface area is 149 Å². The summed E-state index contributed by atoms with van der Waals surface area (Å²) in [5, 5.41) is 0. The first-order valence-electron chi connectivity index (χ1n) is 7.97. The Kier molecular flexibility index (Phi) is 3.19. The molecule has 0 amide bonds. The number of thiophene rings is 2. The Hall–Kier alpha value is -0.700. The highest BCUT2D eigenvalue weighted by Gasteiger charge is 2.34. The van der Waals surface area contributed by atoms with Crippen LogP contribution >= 0.6 is 22.7 Å². The van der Waals surface area contributed by atoms with E-state index in [1.165, 1.54) is 22.7 Å². The van der Waals surface area contributed by atoms with Crippen LogP contribution in [0.25, 0.3) is 0 Å². The molecule has 5 rings (SSSR count). The highest BCUT2D eigenvalue weighted by atomic mass is 32.2. The number of hydrogen-bond acceptors (Lipinski definition) is 6. The molecule has 0 saturated heterocycles. The van der Waals surface area contributed by atoms with Crippen molar-refractivity contribution in [3.05, 3.63) is 41.8 Å². The molecule has 128 valence electrons. The molecule has 0 saturated carbocycles. The van der Waals surface area contributed by atoms with E-state index in [0.717, 1.165) is 67.4 Å². The predicted molar refractivity (Wildman–Crippen MR) is 96.1 cm³/mol. The van der Waals surface area contributed by atoms with Crippen molar-refractivity contribution in [2.75, 3.05) is 0 Å². The molecule has 0 radical (unpaired) electrons. The van der Waals surface area contributed by atoms with E-state index in [9.17, 15) is 16.8 Å². The van der Waals surface area contributed by atoms with Crippen molar-refractivity contribution in [1.82, 2.24) is 0 Å². The molecule has 2 aliphatic heterocycles. The lowest BCUT2D eigenvalue weighted by molar-refractivity contribution is 0.593. The third-order valence-electron chi connectivity index (χ3n) is 5.22. The maximum atomic E-state index is 12.7. The predicted octanol–water partition coefficient (Wildman–Crippen LogP) is 2.55. The molecule has 3 aliphatic rings. The summed E-state index contributed by atoms with van der Waals surface area (Å²) in [4.78, 5) is 3.54. The minimum Gasteiger partial charge on any atom is -0.228 e. The Morgan fingerprint density at radius 3 is 1.00 bits per heavy atom. The van der Waals surface area contributed by atoms with Crippen LogP contribution in [-0.4, -0.2) is 16.8 Å². The van der Waals surface area contributed by atoms with Crippen molar-refractivity contribution >= 4 is 42.3 Å². The third kappa shape index (κ3) is 2.34. The molecule has 4 nitrogen and oxygen atoms in total. The van der Waals surface area contributed by atoms with Crippen molar-refractivity contribution in [3.63, 3.8) is 0 Å². The van der Waals surface area contributed by atoms with Crippen LogP contribution in [0.2, 0.25) is 0 Å². The van der Waals surface area contributed by atoms with Gasteiger partial charge < -0.3 is 0 Å². The number of sulfone groups is 2. The van der Waals surface area contributed by atoms with Crippen molar-refractivity contribution in [3.8, 4) is 0 Å². The second kappa shape index (κ2) is 4.93. The standard InChI is InChI=1S/C16H16O4S4/c17-23(18)5-13-9-1-2-10-12-4-3-11(9)15(21-13)7-24(19,20)8-16(12)22-14(10)6-23/h1-8H2. The molecule has 0 unspecified atom stereocenters. The van der Waals surface area contributed by atoms with Crippen LogP contribution in [-0.2, 0) is 68.4 Å². The lowest BCUT2D eigenvalue weighted by Crippen LogP contribution is -2.07. The van der Waals surface area contributed by atoms with E-state index < -0.39 is 19.7 Å². The molecule has 0 spiro atoms. The van der Waals surface area contributed by atoms with Crippen LogP contribution in [0, 0.1) is 0 Å². The Morgan fingerprint density at radius 1 is 0.500 bits per heavy atom. The fraction of sp³-hybridized carbons (Fsp3) is 0.500. The molecular formula is C16H16O4S4. The summed E-state index contributed by atoms with van der Waals surface area (Å²) in [6.07, 6.45) is 3.36. The van der Waals surface area contributed by atoms with Crippen molar-refractivity contribution < 1.29 is 16.8 Å². The van der Waals surface area contributed by atoms with E-state index in [0.29, 0.717) is 0 Å². The summed E-state index contributed by atoms with van der Waals surface area (Å²) < 4.78 is 50.8. The summed E-state index contributed by atoms with van der Waals surface area (Å²) in [6.45, 7) is 0. The van der Waals surface area contributed by atoms with E-state index in [-0.39, 0.29) is 23.0 Å². The second-order valence-electron chi connectivity index (χ2n) is 6.88. The lowest BCUT2D eigenvalue weighted by atomic mass is 9.90. The fourth-order valence-electron chi connectivity index (χ4n) is 4.25. The molecule has 4 heterocycles. The monoisotopic (exact) mass is 400 g/mol. The van der Waals surface area contributed by atoms with Gasteiger partial charge in [0.1, 0.15) is 0 Å². The molecular weight excluding hydrogens is 384 g/mol. The zero-order chi connectivity index (χ0) is 16.7. The van der Waals surface area contributed by atoms with Gasteiger partial charge in [0, 0.05) is 19.5 Å². The first-order valence-corrected chi connectivity index (χ1v) is 13.2. The number of hydrogen-bond donors (Lipinski definition) is 0. The quantitative estimate of drug-likeness (QED) is 0.682. The number of fused-ring (bicyclic) bond motifs is 2. The molecule has 1 aliphatic carbocycles. The molecule has 24 heavy (non-hydrogen) atoms. The van der Waals surface area contributed by atoms with Crippen LogP contribution in [0.5, 0.6) is 0 Å². The molecule has 2 aromatic rings. The maximum Gasteiger partial charge on any atom is 0.160 e. The number of rotatable bonds is 0. The van der Waals surface area contributed by atoms with E-state index in [2.05, 4.69) is 0 Å². The highest BCUT2D eigenvalue weighted by molar-refractivity contribution is 7.90. The SMILES string of the molecule is O=S1(=O)Cc2sc3c4c2CCc2c(sc(c2CC4)CS(=O)(=O)C3)C1. The summed E-state index contributed by atoms with van der Waals surface area (Å²) in [5.74, 6) is 0.230. The van der Waals surface area contributed by atoms with Gasteiger partial charge in [0.15, 0.2) is 19.7 Å². The highest BCUT2D eigenvalue weighted by Crippen LogP contribution is 2.43. The molecule has 8 heteroatoms. The minimum absolute atomic E-state index is 0.0576. The van der Waals surface area contributed by atoms with Gasteiger partial charge in [0.25, 0.3) is 0 Å². The summed E-state index contributed by atoms with van der Waals surface area (Å²) in [6, 6.07) is 0. The van der Waals surface area contributed by atoms with Crippen molar-refractivity contribution in [2.45, 2.75) is 48.7 Å². The summed E-state index contributed by atoms with van der Waals surface area (Å²) in [5.41, 5.74) is 4.51. The fourth-order valence-corrected chi connectivity index (χ4v) is 11.8. The van der Waals surface area contributed by atoms with E-state index >= 15 is 0 Å². The van der Waals surface area contributed by atoms with Gasteiger partial charge >= 0.3 is 0 Å². The van der Waals surface area contributed by atoms with E-state index in [1.54, 1.807) is 0 Å². The zero-order valence-corrected chi connectivity index (χ0v) is 16.2. The first-order chi connectivity index (χ1) is 11.3. The topological polar surface area (TPSA) is 68.3 Å². The normalized spacial score (nSPS) is 23.0. The Morgan fingerprint density at radius 2 is 0.750 bits per heavy atom. The Bertz CT molecular complexity index is 927. The lowest BCUT2D eigenvalue weighted by Gasteiger charge is -2.13. The maximum absolute atomic E-state index is 12.7. The van der Waals surface area contributed by atoms with Crippen molar-refractivity contribution in [1.29, 1.82) is 0 Å². The zero-order valence-electron chi connectivity index (χ0n) is 12.9. The van der Waals surface area contributed by atoms with E-state index in [4.69, 9.17) is 0 Å². The molecule has 2 aromatic heterocycles.